The summed E-state index contributed by atoms with van der Waals surface area (Å²) in [5.74, 6) is 1.36. The highest BCUT2D eigenvalue weighted by Gasteiger charge is 2.08. The van der Waals surface area contributed by atoms with Crippen molar-refractivity contribution in [3.05, 3.63) is 29.7 Å². The quantitative estimate of drug-likeness (QED) is 0.837. The summed E-state index contributed by atoms with van der Waals surface area (Å²) in [6.45, 7) is 4.73. The Morgan fingerprint density at radius 3 is 2.94 bits per heavy atom. The molecule has 0 radical (unpaired) electrons. The van der Waals surface area contributed by atoms with E-state index >= 15 is 0 Å². The Hall–Kier alpha value is -1.69. The fourth-order valence-electron chi connectivity index (χ4n) is 1.62. The minimum absolute atomic E-state index is 0.271. The van der Waals surface area contributed by atoms with Gasteiger partial charge in [0.05, 0.1) is 6.20 Å². The van der Waals surface area contributed by atoms with Crippen molar-refractivity contribution in [2.75, 3.05) is 6.54 Å². The van der Waals surface area contributed by atoms with Gasteiger partial charge in [-0.15, -0.1) is 0 Å². The smallest absolute Gasteiger partial charge is 0.227 e. The summed E-state index contributed by atoms with van der Waals surface area (Å²) < 4.78 is 6.84. The van der Waals surface area contributed by atoms with Crippen LogP contribution in [0.25, 0.3) is 0 Å². The summed E-state index contributed by atoms with van der Waals surface area (Å²) in [7, 11) is 1.91. The third-order valence-corrected chi connectivity index (χ3v) is 2.58. The van der Waals surface area contributed by atoms with Gasteiger partial charge in [-0.25, -0.2) is 0 Å². The third kappa shape index (κ3) is 3.13. The molecule has 0 aromatic carbocycles. The van der Waals surface area contributed by atoms with E-state index in [-0.39, 0.29) is 6.04 Å². The molecule has 1 N–H and O–H groups in total. The summed E-state index contributed by atoms with van der Waals surface area (Å²) in [5, 5.41) is 11.3. The lowest BCUT2D eigenvalue weighted by Gasteiger charge is -2.10. The molecule has 2 rings (SSSR count). The van der Waals surface area contributed by atoms with Crippen molar-refractivity contribution in [2.45, 2.75) is 26.3 Å². The number of nitrogens with one attached hydrogen (secondary N) is 1. The minimum atomic E-state index is 0.271. The number of aryl methyl sites for hydroxylation is 2. The van der Waals surface area contributed by atoms with Crippen molar-refractivity contribution in [2.24, 2.45) is 7.05 Å². The van der Waals surface area contributed by atoms with Gasteiger partial charge in [0.25, 0.3) is 0 Å². The van der Waals surface area contributed by atoms with Gasteiger partial charge in [0.15, 0.2) is 5.82 Å². The lowest BCUT2D eigenvalue weighted by atomic mass is 10.2. The van der Waals surface area contributed by atoms with E-state index < -0.39 is 0 Å². The van der Waals surface area contributed by atoms with E-state index in [1.54, 1.807) is 4.68 Å². The normalized spacial score (nSPS) is 12.9. The Kier molecular flexibility index (Phi) is 3.53. The van der Waals surface area contributed by atoms with Crippen LogP contribution in [0, 0.1) is 6.92 Å². The van der Waals surface area contributed by atoms with Gasteiger partial charge in [-0.05, 0) is 13.8 Å². The monoisotopic (exact) mass is 235 g/mol. The molecule has 2 heterocycles. The van der Waals surface area contributed by atoms with Crippen molar-refractivity contribution < 1.29 is 4.52 Å². The SMILES string of the molecule is Cc1noc(CCNC(C)c2cnn(C)c2)n1. The Labute approximate surface area is 100 Å². The Morgan fingerprint density at radius 2 is 2.35 bits per heavy atom. The van der Waals surface area contributed by atoms with Crippen LogP contribution in [-0.4, -0.2) is 26.5 Å². The Balaban J connectivity index is 1.78. The van der Waals surface area contributed by atoms with Crippen molar-refractivity contribution in [3.63, 3.8) is 0 Å². The number of hydrogen-bond acceptors (Lipinski definition) is 5. The highest BCUT2D eigenvalue weighted by atomic mass is 16.5. The van der Waals surface area contributed by atoms with Crippen LogP contribution in [0.4, 0.5) is 0 Å². The van der Waals surface area contributed by atoms with Crippen LogP contribution in [0.15, 0.2) is 16.9 Å². The van der Waals surface area contributed by atoms with E-state index in [1.807, 2.05) is 26.4 Å². The molecule has 2 aromatic heterocycles. The van der Waals surface area contributed by atoms with Gasteiger partial charge in [-0.2, -0.15) is 10.1 Å². The van der Waals surface area contributed by atoms with E-state index in [1.165, 1.54) is 5.56 Å². The molecule has 17 heavy (non-hydrogen) atoms. The molecule has 0 aliphatic heterocycles. The zero-order valence-corrected chi connectivity index (χ0v) is 10.3. The summed E-state index contributed by atoms with van der Waals surface area (Å²) in [6.07, 6.45) is 4.62. The van der Waals surface area contributed by atoms with E-state index in [0.717, 1.165) is 13.0 Å². The number of hydrogen-bond donors (Lipinski definition) is 1. The lowest BCUT2D eigenvalue weighted by molar-refractivity contribution is 0.370. The van der Waals surface area contributed by atoms with Crippen LogP contribution in [-0.2, 0) is 13.5 Å². The molecule has 1 atom stereocenters. The molecule has 0 aliphatic rings. The zero-order chi connectivity index (χ0) is 12.3. The summed E-state index contributed by atoms with van der Waals surface area (Å²) in [5.41, 5.74) is 1.18. The van der Waals surface area contributed by atoms with Crippen molar-refractivity contribution in [3.8, 4) is 0 Å². The number of nitrogens with zero attached hydrogens (tertiary/aromatic N) is 4. The van der Waals surface area contributed by atoms with Gasteiger partial charge in [-0.1, -0.05) is 5.16 Å². The second kappa shape index (κ2) is 5.09. The van der Waals surface area contributed by atoms with Gasteiger partial charge < -0.3 is 9.84 Å². The molecule has 0 fully saturated rings. The molecule has 2 aromatic rings. The lowest BCUT2D eigenvalue weighted by Crippen LogP contribution is -2.21. The van der Waals surface area contributed by atoms with Crippen LogP contribution in [0.5, 0.6) is 0 Å². The van der Waals surface area contributed by atoms with E-state index in [2.05, 4.69) is 27.5 Å². The van der Waals surface area contributed by atoms with Crippen LogP contribution in [0.2, 0.25) is 0 Å². The van der Waals surface area contributed by atoms with Gasteiger partial charge in [-0.3, -0.25) is 4.68 Å². The third-order valence-electron chi connectivity index (χ3n) is 2.58. The maximum absolute atomic E-state index is 5.04. The molecule has 0 saturated heterocycles. The molecule has 0 aliphatic carbocycles. The van der Waals surface area contributed by atoms with E-state index in [0.29, 0.717) is 11.7 Å². The molecule has 6 nitrogen and oxygen atoms in total. The molecule has 1 unspecified atom stereocenters. The van der Waals surface area contributed by atoms with E-state index in [4.69, 9.17) is 4.52 Å². The van der Waals surface area contributed by atoms with Crippen LogP contribution in [0.1, 0.15) is 30.2 Å². The van der Waals surface area contributed by atoms with Gasteiger partial charge in [0.2, 0.25) is 5.89 Å². The number of aromatic nitrogens is 4. The Bertz CT molecular complexity index is 476. The molecule has 0 spiro atoms. The second-order valence-electron chi connectivity index (χ2n) is 4.11. The predicted octanol–water partition coefficient (Wildman–Crippen LogP) is 1.00. The van der Waals surface area contributed by atoms with Crippen molar-refractivity contribution in [1.29, 1.82) is 0 Å². The van der Waals surface area contributed by atoms with E-state index in [9.17, 15) is 0 Å². The first kappa shape index (κ1) is 11.8. The van der Waals surface area contributed by atoms with Gasteiger partial charge in [0.1, 0.15) is 0 Å². The molecular formula is C11H17N5O. The summed E-state index contributed by atoms with van der Waals surface area (Å²) >= 11 is 0. The average Bonchev–Trinajstić information content (AvgIpc) is 2.88. The molecular weight excluding hydrogens is 218 g/mol. The largest absolute Gasteiger partial charge is 0.339 e. The van der Waals surface area contributed by atoms with Crippen molar-refractivity contribution in [1.82, 2.24) is 25.2 Å². The fraction of sp³-hybridized carbons (Fsp3) is 0.545. The standard InChI is InChI=1S/C11H17N5O/c1-8(10-6-13-16(3)7-10)12-5-4-11-14-9(2)15-17-11/h6-8,12H,4-5H2,1-3H3. The molecule has 0 bridgehead atoms. The molecule has 6 heteroatoms. The predicted molar refractivity (Wildman–Crippen MR) is 62.4 cm³/mol. The number of rotatable bonds is 5. The first-order valence-electron chi connectivity index (χ1n) is 5.66. The van der Waals surface area contributed by atoms with Gasteiger partial charge >= 0.3 is 0 Å². The minimum Gasteiger partial charge on any atom is -0.339 e. The first-order chi connectivity index (χ1) is 8.15. The molecule has 92 valence electrons. The summed E-state index contributed by atoms with van der Waals surface area (Å²) in [4.78, 5) is 4.15. The summed E-state index contributed by atoms with van der Waals surface area (Å²) in [6, 6.07) is 0.271. The van der Waals surface area contributed by atoms with Gasteiger partial charge in [0, 0.05) is 37.8 Å². The average molecular weight is 235 g/mol. The van der Waals surface area contributed by atoms with Crippen molar-refractivity contribution >= 4 is 0 Å². The fourth-order valence-corrected chi connectivity index (χ4v) is 1.62. The first-order valence-corrected chi connectivity index (χ1v) is 5.66. The molecule has 0 amide bonds. The maximum atomic E-state index is 5.04. The van der Waals surface area contributed by atoms with Crippen LogP contribution >= 0.6 is 0 Å². The highest BCUT2D eigenvalue weighted by molar-refractivity contribution is 5.08. The Morgan fingerprint density at radius 1 is 1.53 bits per heavy atom. The highest BCUT2D eigenvalue weighted by Crippen LogP contribution is 2.09. The molecule has 0 saturated carbocycles. The maximum Gasteiger partial charge on any atom is 0.227 e. The topological polar surface area (TPSA) is 68.8 Å². The van der Waals surface area contributed by atoms with Crippen LogP contribution in [0.3, 0.4) is 0 Å². The zero-order valence-electron chi connectivity index (χ0n) is 10.3. The van der Waals surface area contributed by atoms with Crippen LogP contribution < -0.4 is 5.32 Å². The second-order valence-corrected chi connectivity index (χ2v) is 4.11.